The predicted molar refractivity (Wildman–Crippen MR) is 53.1 cm³/mol. The molecule has 15 heavy (non-hydrogen) atoms. The fourth-order valence-electron chi connectivity index (χ4n) is 0.973. The lowest BCUT2D eigenvalue weighted by Crippen LogP contribution is -2.20. The number of benzene rings is 1. The summed E-state index contributed by atoms with van der Waals surface area (Å²) >= 11 is 0. The van der Waals surface area contributed by atoms with Gasteiger partial charge >= 0.3 is 6.18 Å². The highest BCUT2D eigenvalue weighted by Crippen LogP contribution is 2.21. The summed E-state index contributed by atoms with van der Waals surface area (Å²) in [6, 6.07) is 6.40. The summed E-state index contributed by atoms with van der Waals surface area (Å²) in [7, 11) is 0. The summed E-state index contributed by atoms with van der Waals surface area (Å²) in [6.45, 7) is -1.13. The van der Waals surface area contributed by atoms with E-state index in [1.807, 2.05) is 0 Å². The van der Waals surface area contributed by atoms with Crippen LogP contribution in [0, 0.1) is 0 Å². The van der Waals surface area contributed by atoms with Crippen LogP contribution in [0.5, 0.6) is 5.75 Å². The first-order valence-corrected chi connectivity index (χ1v) is 4.00. The minimum Gasteiger partial charge on any atom is -0.484 e. The summed E-state index contributed by atoms with van der Waals surface area (Å²) in [5.74, 6) is 0.187. The zero-order valence-electron chi connectivity index (χ0n) is 7.75. The number of alkyl halides is 3. The third-order valence-electron chi connectivity index (χ3n) is 1.58. The van der Waals surface area contributed by atoms with Crippen molar-refractivity contribution in [1.29, 1.82) is 0 Å². The second-order valence-electron chi connectivity index (χ2n) is 2.72. The Labute approximate surface area is 91.6 Å². The minimum atomic E-state index is -4.32. The summed E-state index contributed by atoms with van der Waals surface area (Å²) in [6.07, 6.45) is -4.32. The molecular weight excluding hydrogens is 231 g/mol. The normalized spacial score (nSPS) is 10.7. The van der Waals surface area contributed by atoms with Crippen molar-refractivity contribution in [3.8, 4) is 5.75 Å². The Bertz CT molecular complexity index is 304. The van der Waals surface area contributed by atoms with E-state index in [1.54, 1.807) is 18.2 Å². The summed E-state index contributed by atoms with van der Waals surface area (Å²) in [4.78, 5) is 0. The predicted octanol–water partition coefficient (Wildman–Crippen LogP) is 2.51. The maximum absolute atomic E-state index is 11.8. The van der Waals surface area contributed by atoms with E-state index in [-0.39, 0.29) is 24.7 Å². The zero-order chi connectivity index (χ0) is 10.6. The topological polar surface area (TPSA) is 35.2 Å². The van der Waals surface area contributed by atoms with Crippen LogP contribution in [0.3, 0.4) is 0 Å². The van der Waals surface area contributed by atoms with Crippen molar-refractivity contribution in [3.63, 3.8) is 0 Å². The number of nitrogens with two attached hydrogens (primary N) is 1. The van der Waals surface area contributed by atoms with Crippen LogP contribution in [0.1, 0.15) is 5.56 Å². The third-order valence-corrected chi connectivity index (χ3v) is 1.58. The molecule has 2 N–H and O–H groups in total. The van der Waals surface area contributed by atoms with Gasteiger partial charge in [-0.2, -0.15) is 13.2 Å². The van der Waals surface area contributed by atoms with Crippen LogP contribution in [0.25, 0.3) is 0 Å². The van der Waals surface area contributed by atoms with Crippen molar-refractivity contribution < 1.29 is 17.9 Å². The largest absolute Gasteiger partial charge is 0.484 e. The van der Waals surface area contributed by atoms with Gasteiger partial charge in [0, 0.05) is 12.1 Å². The molecule has 0 aliphatic carbocycles. The first kappa shape index (κ1) is 14.1. The molecule has 0 amide bonds. The molecule has 86 valence electrons. The highest BCUT2D eigenvalue weighted by atomic mass is 35.5. The molecule has 0 atom stereocenters. The summed E-state index contributed by atoms with van der Waals surface area (Å²) in [5.41, 5.74) is 5.90. The average Bonchev–Trinajstić information content (AvgIpc) is 2.14. The van der Waals surface area contributed by atoms with Gasteiger partial charge in [-0.1, -0.05) is 18.2 Å². The van der Waals surface area contributed by atoms with E-state index in [0.717, 1.165) is 0 Å². The Morgan fingerprint density at radius 2 is 1.80 bits per heavy atom. The van der Waals surface area contributed by atoms with Crippen molar-refractivity contribution in [3.05, 3.63) is 29.8 Å². The first-order valence-electron chi connectivity index (χ1n) is 4.00. The molecule has 1 rings (SSSR count). The molecule has 0 fully saturated rings. The molecule has 1 aromatic rings. The van der Waals surface area contributed by atoms with E-state index >= 15 is 0 Å². The Kier molecular flexibility index (Phi) is 5.46. The van der Waals surface area contributed by atoms with E-state index in [9.17, 15) is 13.2 Å². The number of hydrogen-bond acceptors (Lipinski definition) is 2. The highest BCUT2D eigenvalue weighted by molar-refractivity contribution is 5.85. The van der Waals surface area contributed by atoms with Gasteiger partial charge in [-0.3, -0.25) is 0 Å². The Morgan fingerprint density at radius 1 is 1.20 bits per heavy atom. The lowest BCUT2D eigenvalue weighted by molar-refractivity contribution is -0.153. The SMILES string of the molecule is Cl.NCc1ccccc1OCC(F)(F)F. The van der Waals surface area contributed by atoms with E-state index in [4.69, 9.17) is 5.73 Å². The molecule has 0 bridgehead atoms. The Morgan fingerprint density at radius 3 is 2.33 bits per heavy atom. The van der Waals surface area contributed by atoms with Gasteiger partial charge in [0.1, 0.15) is 5.75 Å². The maximum Gasteiger partial charge on any atom is 0.422 e. The van der Waals surface area contributed by atoms with Crippen molar-refractivity contribution in [1.82, 2.24) is 0 Å². The summed E-state index contributed by atoms with van der Waals surface area (Å²) in [5, 5.41) is 0. The molecule has 0 spiro atoms. The van der Waals surface area contributed by atoms with Gasteiger partial charge < -0.3 is 10.5 Å². The number of ether oxygens (including phenoxy) is 1. The second-order valence-corrected chi connectivity index (χ2v) is 2.72. The van der Waals surface area contributed by atoms with Crippen molar-refractivity contribution in [2.45, 2.75) is 12.7 Å². The fraction of sp³-hybridized carbons (Fsp3) is 0.333. The Balaban J connectivity index is 0.00000196. The molecule has 0 saturated heterocycles. The second kappa shape index (κ2) is 5.82. The van der Waals surface area contributed by atoms with Gasteiger partial charge in [0.15, 0.2) is 6.61 Å². The quantitative estimate of drug-likeness (QED) is 0.883. The van der Waals surface area contributed by atoms with Crippen LogP contribution in [0.15, 0.2) is 24.3 Å². The standard InChI is InChI=1S/C9H10F3NO.ClH/c10-9(11,12)6-14-8-4-2-1-3-7(8)5-13;/h1-4H,5-6,13H2;1H. The van der Waals surface area contributed by atoms with Gasteiger partial charge in [-0.15, -0.1) is 12.4 Å². The van der Waals surface area contributed by atoms with Crippen LogP contribution >= 0.6 is 12.4 Å². The van der Waals surface area contributed by atoms with Crippen LogP contribution < -0.4 is 10.5 Å². The molecule has 0 aromatic heterocycles. The first-order chi connectivity index (χ1) is 6.53. The molecule has 0 aliphatic rings. The van der Waals surface area contributed by atoms with E-state index in [0.29, 0.717) is 5.56 Å². The molecule has 1 aromatic carbocycles. The van der Waals surface area contributed by atoms with Crippen LogP contribution in [0.2, 0.25) is 0 Å². The van der Waals surface area contributed by atoms with Crippen LogP contribution in [-0.2, 0) is 6.54 Å². The molecular formula is C9H11ClF3NO. The van der Waals surface area contributed by atoms with Gasteiger partial charge in [0.25, 0.3) is 0 Å². The fourth-order valence-corrected chi connectivity index (χ4v) is 0.973. The molecule has 0 unspecified atom stereocenters. The van der Waals surface area contributed by atoms with Gasteiger partial charge in [-0.05, 0) is 6.07 Å². The third kappa shape index (κ3) is 4.90. The molecule has 0 radical (unpaired) electrons. The smallest absolute Gasteiger partial charge is 0.422 e. The van der Waals surface area contributed by atoms with Gasteiger partial charge in [0.05, 0.1) is 0 Å². The zero-order valence-corrected chi connectivity index (χ0v) is 8.57. The van der Waals surface area contributed by atoms with Crippen molar-refractivity contribution in [2.24, 2.45) is 5.73 Å². The van der Waals surface area contributed by atoms with E-state index in [1.165, 1.54) is 6.07 Å². The van der Waals surface area contributed by atoms with Gasteiger partial charge in [0.2, 0.25) is 0 Å². The lowest BCUT2D eigenvalue weighted by atomic mass is 10.2. The molecule has 0 heterocycles. The number of rotatable bonds is 3. The summed E-state index contributed by atoms with van der Waals surface area (Å²) < 4.78 is 40.0. The minimum absolute atomic E-state index is 0. The maximum atomic E-state index is 11.8. The Hall–Kier alpha value is -0.940. The molecule has 2 nitrogen and oxygen atoms in total. The molecule has 0 saturated carbocycles. The number of hydrogen-bond donors (Lipinski definition) is 1. The monoisotopic (exact) mass is 241 g/mol. The number of para-hydroxylation sites is 1. The van der Waals surface area contributed by atoms with Crippen LogP contribution in [-0.4, -0.2) is 12.8 Å². The van der Waals surface area contributed by atoms with Crippen molar-refractivity contribution >= 4 is 12.4 Å². The van der Waals surface area contributed by atoms with E-state index < -0.39 is 12.8 Å². The highest BCUT2D eigenvalue weighted by Gasteiger charge is 2.28. The molecule has 0 aliphatic heterocycles. The lowest BCUT2D eigenvalue weighted by Gasteiger charge is -2.11. The molecule has 6 heteroatoms. The number of halogens is 4. The van der Waals surface area contributed by atoms with Crippen LogP contribution in [0.4, 0.5) is 13.2 Å². The average molecular weight is 242 g/mol. The van der Waals surface area contributed by atoms with Gasteiger partial charge in [-0.25, -0.2) is 0 Å². The van der Waals surface area contributed by atoms with E-state index in [2.05, 4.69) is 4.74 Å². The van der Waals surface area contributed by atoms with Crippen molar-refractivity contribution in [2.75, 3.05) is 6.61 Å².